The molecule has 128 valence electrons. The van der Waals surface area contributed by atoms with Gasteiger partial charge >= 0.3 is 0 Å². The number of rotatable bonds is 5. The highest BCUT2D eigenvalue weighted by Gasteiger charge is 2.19. The van der Waals surface area contributed by atoms with E-state index in [9.17, 15) is 8.78 Å². The van der Waals surface area contributed by atoms with Gasteiger partial charge in [0.2, 0.25) is 0 Å². The molecule has 0 bridgehead atoms. The van der Waals surface area contributed by atoms with Crippen LogP contribution in [0.2, 0.25) is 0 Å². The molecule has 0 aliphatic heterocycles. The predicted molar refractivity (Wildman–Crippen MR) is 97.8 cm³/mol. The fourth-order valence-corrected chi connectivity index (χ4v) is 4.31. The smallest absolute Gasteiger partial charge is 0.130 e. The quantitative estimate of drug-likeness (QED) is 0.647. The molecule has 0 saturated heterocycles. The van der Waals surface area contributed by atoms with E-state index in [-0.39, 0.29) is 6.04 Å². The van der Waals surface area contributed by atoms with Crippen LogP contribution in [0.15, 0.2) is 53.9 Å². The lowest BCUT2D eigenvalue weighted by Gasteiger charge is -2.19. The fraction of sp³-hybridized carbons (Fsp3) is 0.238. The zero-order valence-electron chi connectivity index (χ0n) is 13.8. The van der Waals surface area contributed by atoms with Crippen molar-refractivity contribution in [1.82, 2.24) is 5.32 Å². The van der Waals surface area contributed by atoms with Gasteiger partial charge in [-0.25, -0.2) is 8.78 Å². The summed E-state index contributed by atoms with van der Waals surface area (Å²) in [5, 5.41) is 5.51. The van der Waals surface area contributed by atoms with Crippen LogP contribution < -0.4 is 5.32 Å². The number of hydrogen-bond donors (Lipinski definition) is 1. The lowest BCUT2D eigenvalue weighted by atomic mass is 9.99. The highest BCUT2D eigenvalue weighted by Crippen LogP contribution is 2.31. The SMILES string of the molecule is Fc1ccc(CN[C@H](c2ccc3c(c2)CCC3)c2cccs2)c(F)c1. The number of thiophene rings is 1. The molecule has 0 unspecified atom stereocenters. The van der Waals surface area contributed by atoms with Gasteiger partial charge in [-0.3, -0.25) is 0 Å². The van der Waals surface area contributed by atoms with E-state index in [4.69, 9.17) is 0 Å². The summed E-state index contributed by atoms with van der Waals surface area (Å²) in [4.78, 5) is 1.19. The van der Waals surface area contributed by atoms with Gasteiger partial charge in [0.05, 0.1) is 6.04 Å². The van der Waals surface area contributed by atoms with E-state index in [1.54, 1.807) is 11.3 Å². The van der Waals surface area contributed by atoms with Gasteiger partial charge in [0.15, 0.2) is 0 Å². The van der Waals surface area contributed by atoms with Crippen molar-refractivity contribution in [2.45, 2.75) is 31.8 Å². The Hall–Kier alpha value is -2.04. The molecule has 0 spiro atoms. The zero-order valence-corrected chi connectivity index (χ0v) is 14.6. The maximum Gasteiger partial charge on any atom is 0.130 e. The first-order valence-electron chi connectivity index (χ1n) is 8.53. The zero-order chi connectivity index (χ0) is 17.2. The summed E-state index contributed by atoms with van der Waals surface area (Å²) < 4.78 is 27.1. The molecule has 1 nitrogen and oxygen atoms in total. The fourth-order valence-electron chi connectivity index (χ4n) is 3.49. The lowest BCUT2D eigenvalue weighted by Crippen LogP contribution is -2.22. The van der Waals surface area contributed by atoms with Gasteiger partial charge in [0.25, 0.3) is 0 Å². The highest BCUT2D eigenvalue weighted by atomic mass is 32.1. The number of aryl methyl sites for hydroxylation is 2. The molecule has 3 aromatic rings. The predicted octanol–water partition coefficient (Wildman–Crippen LogP) is 5.39. The van der Waals surface area contributed by atoms with Crippen LogP contribution >= 0.6 is 11.3 Å². The largest absolute Gasteiger partial charge is 0.301 e. The molecular weight excluding hydrogens is 336 g/mol. The summed E-state index contributed by atoms with van der Waals surface area (Å²) in [6, 6.07) is 14.5. The van der Waals surface area contributed by atoms with Crippen molar-refractivity contribution in [2.24, 2.45) is 0 Å². The Morgan fingerprint density at radius 3 is 2.68 bits per heavy atom. The molecule has 1 aliphatic carbocycles. The van der Waals surface area contributed by atoms with Crippen LogP contribution in [0.5, 0.6) is 0 Å². The van der Waals surface area contributed by atoms with Crippen molar-refractivity contribution >= 4 is 11.3 Å². The lowest BCUT2D eigenvalue weighted by molar-refractivity contribution is 0.547. The van der Waals surface area contributed by atoms with E-state index < -0.39 is 11.6 Å². The van der Waals surface area contributed by atoms with Crippen LogP contribution in [-0.4, -0.2) is 0 Å². The normalized spacial score (nSPS) is 14.5. The Morgan fingerprint density at radius 2 is 1.88 bits per heavy atom. The molecule has 0 saturated carbocycles. The van der Waals surface area contributed by atoms with Crippen molar-refractivity contribution in [2.75, 3.05) is 0 Å². The molecule has 1 aromatic heterocycles. The highest BCUT2D eigenvalue weighted by molar-refractivity contribution is 7.10. The molecule has 1 aliphatic rings. The van der Waals surface area contributed by atoms with E-state index >= 15 is 0 Å². The molecule has 1 N–H and O–H groups in total. The third kappa shape index (κ3) is 3.51. The van der Waals surface area contributed by atoms with E-state index in [2.05, 4.69) is 35.0 Å². The molecule has 0 radical (unpaired) electrons. The molecule has 4 heteroatoms. The third-order valence-electron chi connectivity index (χ3n) is 4.80. The Labute approximate surface area is 150 Å². The molecule has 1 heterocycles. The molecule has 0 amide bonds. The Bertz CT molecular complexity index is 874. The average Bonchev–Trinajstić information content (AvgIpc) is 3.28. The minimum Gasteiger partial charge on any atom is -0.301 e. The third-order valence-corrected chi connectivity index (χ3v) is 5.73. The first-order valence-corrected chi connectivity index (χ1v) is 9.41. The van der Waals surface area contributed by atoms with Gasteiger partial charge in [-0.2, -0.15) is 0 Å². The maximum absolute atomic E-state index is 13.9. The summed E-state index contributed by atoms with van der Waals surface area (Å²) >= 11 is 1.68. The van der Waals surface area contributed by atoms with Gasteiger partial charge in [0, 0.05) is 23.1 Å². The van der Waals surface area contributed by atoms with Crippen LogP contribution in [0.1, 0.15) is 39.6 Å². The molecule has 0 fully saturated rings. The Morgan fingerprint density at radius 1 is 1.00 bits per heavy atom. The molecule has 25 heavy (non-hydrogen) atoms. The Kier molecular flexibility index (Phi) is 4.64. The van der Waals surface area contributed by atoms with Crippen molar-refractivity contribution in [3.8, 4) is 0 Å². The van der Waals surface area contributed by atoms with Crippen LogP contribution in [0, 0.1) is 11.6 Å². The van der Waals surface area contributed by atoms with Gasteiger partial charge in [-0.15, -0.1) is 11.3 Å². The maximum atomic E-state index is 13.9. The van der Waals surface area contributed by atoms with E-state index in [0.29, 0.717) is 12.1 Å². The molecule has 1 atom stereocenters. The van der Waals surface area contributed by atoms with Crippen LogP contribution in [-0.2, 0) is 19.4 Å². The van der Waals surface area contributed by atoms with Gasteiger partial charge in [0.1, 0.15) is 11.6 Å². The van der Waals surface area contributed by atoms with Gasteiger partial charge in [-0.05, 0) is 53.5 Å². The van der Waals surface area contributed by atoms with Gasteiger partial charge in [-0.1, -0.05) is 30.3 Å². The van der Waals surface area contributed by atoms with E-state index in [1.807, 2.05) is 6.07 Å². The second-order valence-corrected chi connectivity index (χ2v) is 7.43. The van der Waals surface area contributed by atoms with Crippen LogP contribution in [0.4, 0.5) is 8.78 Å². The van der Waals surface area contributed by atoms with Crippen molar-refractivity contribution in [1.29, 1.82) is 0 Å². The summed E-state index contributed by atoms with van der Waals surface area (Å²) in [5.74, 6) is -1.05. The number of halogens is 2. The summed E-state index contributed by atoms with van der Waals surface area (Å²) in [6.45, 7) is 0.353. The molecular formula is C21H19F2NS. The first-order chi connectivity index (χ1) is 12.2. The van der Waals surface area contributed by atoms with Crippen molar-refractivity contribution in [3.63, 3.8) is 0 Å². The first kappa shape index (κ1) is 16.4. The minimum absolute atomic E-state index is 0.00959. The number of nitrogens with one attached hydrogen (secondary N) is 1. The molecule has 2 aromatic carbocycles. The number of fused-ring (bicyclic) bond motifs is 1. The Balaban J connectivity index is 1.61. The standard InChI is InChI=1S/C21H19F2NS/c22-18-9-8-17(19(23)12-18)13-24-21(20-5-2-10-25-20)16-7-6-14-3-1-4-15(14)11-16/h2,5-12,21,24H,1,3-4,13H2/t21-/m1/s1. The van der Waals surface area contributed by atoms with E-state index in [0.717, 1.165) is 18.9 Å². The van der Waals surface area contributed by atoms with E-state index in [1.165, 1.54) is 40.1 Å². The van der Waals surface area contributed by atoms with Crippen molar-refractivity contribution < 1.29 is 8.78 Å². The summed E-state index contributed by atoms with van der Waals surface area (Å²) in [6.07, 6.45) is 3.51. The monoisotopic (exact) mass is 355 g/mol. The number of hydrogen-bond acceptors (Lipinski definition) is 2. The second-order valence-electron chi connectivity index (χ2n) is 6.45. The average molecular weight is 355 g/mol. The summed E-state index contributed by atoms with van der Waals surface area (Å²) in [5.41, 5.74) is 4.54. The number of benzene rings is 2. The minimum atomic E-state index is -0.547. The molecule has 4 rings (SSSR count). The van der Waals surface area contributed by atoms with Crippen LogP contribution in [0.25, 0.3) is 0 Å². The van der Waals surface area contributed by atoms with Gasteiger partial charge < -0.3 is 5.32 Å². The topological polar surface area (TPSA) is 12.0 Å². The van der Waals surface area contributed by atoms with Crippen LogP contribution in [0.3, 0.4) is 0 Å². The van der Waals surface area contributed by atoms with Crippen molar-refractivity contribution in [3.05, 3.63) is 92.7 Å². The summed E-state index contributed by atoms with van der Waals surface area (Å²) in [7, 11) is 0. The second kappa shape index (κ2) is 7.06.